The number of aromatic hydroxyl groups is 1. The molecule has 0 aliphatic heterocycles. The number of rotatable bonds is 2. The molecule has 0 aromatic heterocycles. The van der Waals surface area contributed by atoms with Crippen LogP contribution in [0.5, 0.6) is 5.75 Å². The first-order valence-electron chi connectivity index (χ1n) is 5.11. The third-order valence-electron chi connectivity index (χ3n) is 2.35. The van der Waals surface area contributed by atoms with Gasteiger partial charge in [-0.1, -0.05) is 24.3 Å². The van der Waals surface area contributed by atoms with Gasteiger partial charge in [0.2, 0.25) is 0 Å². The van der Waals surface area contributed by atoms with Crippen LogP contribution in [-0.4, -0.2) is 11.1 Å². The molecular weight excluding hydrogens is 216 g/mol. The summed E-state index contributed by atoms with van der Waals surface area (Å²) in [5.41, 5.74) is 7.66. The van der Waals surface area contributed by atoms with Crippen LogP contribution >= 0.6 is 0 Å². The van der Waals surface area contributed by atoms with E-state index in [1.165, 1.54) is 0 Å². The predicted molar refractivity (Wildman–Crippen MR) is 66.7 cm³/mol. The molecule has 0 heterocycles. The molecule has 0 aliphatic rings. The Labute approximate surface area is 98.7 Å². The van der Waals surface area contributed by atoms with Gasteiger partial charge in [-0.15, -0.1) is 0 Å². The lowest BCUT2D eigenvalue weighted by molar-refractivity contribution is 0.259. The van der Waals surface area contributed by atoms with E-state index in [9.17, 15) is 9.90 Å². The van der Waals surface area contributed by atoms with Crippen molar-refractivity contribution in [2.45, 2.75) is 0 Å². The normalized spacial score (nSPS) is 9.88. The minimum Gasteiger partial charge on any atom is -0.508 e. The Morgan fingerprint density at radius 2 is 1.41 bits per heavy atom. The highest BCUT2D eigenvalue weighted by Crippen LogP contribution is 2.23. The van der Waals surface area contributed by atoms with Crippen molar-refractivity contribution in [2.24, 2.45) is 5.73 Å². The van der Waals surface area contributed by atoms with Crippen LogP contribution in [0.2, 0.25) is 0 Å². The van der Waals surface area contributed by atoms with Gasteiger partial charge in [-0.05, 0) is 35.4 Å². The molecule has 0 spiro atoms. The van der Waals surface area contributed by atoms with Gasteiger partial charge in [0.15, 0.2) is 0 Å². The monoisotopic (exact) mass is 228 g/mol. The molecule has 0 atom stereocenters. The summed E-state index contributed by atoms with van der Waals surface area (Å²) in [6, 6.07) is 13.6. The summed E-state index contributed by atoms with van der Waals surface area (Å²) >= 11 is 0. The lowest BCUT2D eigenvalue weighted by atomic mass is 10.1. The van der Waals surface area contributed by atoms with Crippen LogP contribution in [0.4, 0.5) is 10.5 Å². The van der Waals surface area contributed by atoms with E-state index >= 15 is 0 Å². The van der Waals surface area contributed by atoms with Gasteiger partial charge in [0.1, 0.15) is 5.75 Å². The highest BCUT2D eigenvalue weighted by Gasteiger charge is 1.99. The third-order valence-corrected chi connectivity index (χ3v) is 2.35. The summed E-state index contributed by atoms with van der Waals surface area (Å²) in [6.07, 6.45) is 0. The highest BCUT2D eigenvalue weighted by molar-refractivity contribution is 5.88. The first kappa shape index (κ1) is 11.0. The van der Waals surface area contributed by atoms with Crippen molar-refractivity contribution in [3.05, 3.63) is 48.5 Å². The Kier molecular flexibility index (Phi) is 2.96. The number of anilines is 1. The molecule has 0 fully saturated rings. The zero-order chi connectivity index (χ0) is 12.3. The second-order valence-corrected chi connectivity index (χ2v) is 3.61. The number of primary amides is 1. The number of hydrogen-bond donors (Lipinski definition) is 3. The Balaban J connectivity index is 2.23. The number of phenols is 1. The average molecular weight is 228 g/mol. The number of amides is 2. The van der Waals surface area contributed by atoms with Crippen molar-refractivity contribution in [3.8, 4) is 16.9 Å². The molecule has 2 aromatic carbocycles. The molecule has 2 rings (SSSR count). The molecule has 4 N–H and O–H groups in total. The van der Waals surface area contributed by atoms with Crippen molar-refractivity contribution >= 4 is 11.7 Å². The van der Waals surface area contributed by atoms with Gasteiger partial charge in [0.25, 0.3) is 0 Å². The fraction of sp³-hybridized carbons (Fsp3) is 0. The molecule has 0 unspecified atom stereocenters. The fourth-order valence-electron chi connectivity index (χ4n) is 1.54. The number of benzene rings is 2. The number of carbonyl (C=O) groups is 1. The van der Waals surface area contributed by atoms with Gasteiger partial charge < -0.3 is 16.2 Å². The fourth-order valence-corrected chi connectivity index (χ4v) is 1.54. The first-order chi connectivity index (χ1) is 8.15. The summed E-state index contributed by atoms with van der Waals surface area (Å²) in [4.78, 5) is 10.6. The maximum absolute atomic E-state index is 10.6. The maximum atomic E-state index is 10.6. The lowest BCUT2D eigenvalue weighted by Gasteiger charge is -2.04. The number of nitrogens with two attached hydrogens (primary N) is 1. The Hall–Kier alpha value is -2.49. The SMILES string of the molecule is NC(=O)Nc1ccc(-c2ccc(O)cc2)cc1. The Bertz CT molecular complexity index is 518. The minimum atomic E-state index is -0.581. The van der Waals surface area contributed by atoms with E-state index < -0.39 is 6.03 Å². The van der Waals surface area contributed by atoms with Crippen LogP contribution in [-0.2, 0) is 0 Å². The molecule has 0 aliphatic carbocycles. The Morgan fingerprint density at radius 3 is 1.88 bits per heavy atom. The van der Waals surface area contributed by atoms with Gasteiger partial charge in [-0.2, -0.15) is 0 Å². The highest BCUT2D eigenvalue weighted by atomic mass is 16.3. The average Bonchev–Trinajstić information content (AvgIpc) is 2.30. The molecule has 0 radical (unpaired) electrons. The molecule has 4 heteroatoms. The summed E-state index contributed by atoms with van der Waals surface area (Å²) < 4.78 is 0. The smallest absolute Gasteiger partial charge is 0.316 e. The number of nitrogens with one attached hydrogen (secondary N) is 1. The van der Waals surface area contributed by atoms with E-state index in [-0.39, 0.29) is 5.75 Å². The lowest BCUT2D eigenvalue weighted by Crippen LogP contribution is -2.19. The molecule has 0 bridgehead atoms. The number of urea groups is 1. The van der Waals surface area contributed by atoms with Gasteiger partial charge >= 0.3 is 6.03 Å². The summed E-state index contributed by atoms with van der Waals surface area (Å²) in [5, 5.41) is 11.7. The van der Waals surface area contributed by atoms with Crippen molar-refractivity contribution in [1.29, 1.82) is 0 Å². The quantitative estimate of drug-likeness (QED) is 0.738. The zero-order valence-corrected chi connectivity index (χ0v) is 9.05. The largest absolute Gasteiger partial charge is 0.508 e. The minimum absolute atomic E-state index is 0.237. The number of phenolic OH excluding ortho intramolecular Hbond substituents is 1. The number of carbonyl (C=O) groups excluding carboxylic acids is 1. The van der Waals surface area contributed by atoms with E-state index in [4.69, 9.17) is 5.73 Å². The van der Waals surface area contributed by atoms with E-state index in [0.29, 0.717) is 5.69 Å². The van der Waals surface area contributed by atoms with Crippen LogP contribution in [0.15, 0.2) is 48.5 Å². The molecule has 17 heavy (non-hydrogen) atoms. The van der Waals surface area contributed by atoms with Gasteiger partial charge in [-0.25, -0.2) is 4.79 Å². The van der Waals surface area contributed by atoms with Crippen LogP contribution in [0.25, 0.3) is 11.1 Å². The summed E-state index contributed by atoms with van der Waals surface area (Å²) in [6.45, 7) is 0. The number of hydrogen-bond acceptors (Lipinski definition) is 2. The molecular formula is C13H12N2O2. The van der Waals surface area contributed by atoms with Crippen molar-refractivity contribution in [1.82, 2.24) is 0 Å². The summed E-state index contributed by atoms with van der Waals surface area (Å²) in [7, 11) is 0. The van der Waals surface area contributed by atoms with Crippen molar-refractivity contribution < 1.29 is 9.90 Å². The van der Waals surface area contributed by atoms with Gasteiger partial charge in [0, 0.05) is 5.69 Å². The molecule has 0 saturated heterocycles. The zero-order valence-electron chi connectivity index (χ0n) is 9.05. The third kappa shape index (κ3) is 2.75. The van der Waals surface area contributed by atoms with Gasteiger partial charge in [-0.3, -0.25) is 0 Å². The van der Waals surface area contributed by atoms with Crippen molar-refractivity contribution in [3.63, 3.8) is 0 Å². The van der Waals surface area contributed by atoms with Crippen LogP contribution in [0.1, 0.15) is 0 Å². The standard InChI is InChI=1S/C13H12N2O2/c14-13(17)15-11-5-1-9(2-6-11)10-3-7-12(16)8-4-10/h1-8,16H,(H3,14,15,17). The van der Waals surface area contributed by atoms with Crippen molar-refractivity contribution in [2.75, 3.05) is 5.32 Å². The Morgan fingerprint density at radius 1 is 0.941 bits per heavy atom. The molecule has 2 aromatic rings. The molecule has 0 saturated carbocycles. The van der Waals surface area contributed by atoms with E-state index in [0.717, 1.165) is 11.1 Å². The van der Waals surface area contributed by atoms with Crippen LogP contribution < -0.4 is 11.1 Å². The summed E-state index contributed by atoms with van der Waals surface area (Å²) in [5.74, 6) is 0.237. The topological polar surface area (TPSA) is 75.4 Å². The second-order valence-electron chi connectivity index (χ2n) is 3.61. The van der Waals surface area contributed by atoms with E-state index in [2.05, 4.69) is 5.32 Å². The predicted octanol–water partition coefficient (Wildman–Crippen LogP) is 2.55. The molecule has 4 nitrogen and oxygen atoms in total. The van der Waals surface area contributed by atoms with Gasteiger partial charge in [0.05, 0.1) is 0 Å². The van der Waals surface area contributed by atoms with Crippen LogP contribution in [0.3, 0.4) is 0 Å². The first-order valence-corrected chi connectivity index (χ1v) is 5.11. The van der Waals surface area contributed by atoms with E-state index in [1.54, 1.807) is 24.3 Å². The van der Waals surface area contributed by atoms with Crippen LogP contribution in [0, 0.1) is 0 Å². The van der Waals surface area contributed by atoms with E-state index in [1.807, 2.05) is 24.3 Å². The second kappa shape index (κ2) is 4.57. The molecule has 2 amide bonds. The maximum Gasteiger partial charge on any atom is 0.316 e. The molecule has 86 valence electrons.